The SMILES string of the molecule is Cc1c(NC(=O)C(C#N)=Cc2ccc(-c3ccc(F)cc3)s2)c(=O)n(-c2ccccc2)n1C. The number of benzene rings is 2. The van der Waals surface area contributed by atoms with E-state index in [0.29, 0.717) is 16.3 Å². The lowest BCUT2D eigenvalue weighted by atomic mass is 10.2. The van der Waals surface area contributed by atoms with Crippen molar-refractivity contribution in [3.05, 3.63) is 99.0 Å². The number of aromatic nitrogens is 2. The van der Waals surface area contributed by atoms with Crippen LogP contribution in [0.3, 0.4) is 0 Å². The largest absolute Gasteiger partial charge is 0.315 e. The number of anilines is 1. The number of thiophene rings is 1. The van der Waals surface area contributed by atoms with Gasteiger partial charge in [0.1, 0.15) is 23.1 Å². The summed E-state index contributed by atoms with van der Waals surface area (Å²) in [4.78, 5) is 27.4. The van der Waals surface area contributed by atoms with Crippen LogP contribution in [0.2, 0.25) is 0 Å². The fourth-order valence-corrected chi connectivity index (χ4v) is 4.34. The fourth-order valence-electron chi connectivity index (χ4n) is 3.38. The lowest BCUT2D eigenvalue weighted by molar-refractivity contribution is -0.112. The van der Waals surface area contributed by atoms with Crippen LogP contribution in [0, 0.1) is 24.1 Å². The van der Waals surface area contributed by atoms with E-state index in [1.807, 2.05) is 30.3 Å². The highest BCUT2D eigenvalue weighted by Gasteiger charge is 2.20. The van der Waals surface area contributed by atoms with Gasteiger partial charge < -0.3 is 5.32 Å². The molecule has 0 aliphatic rings. The minimum Gasteiger partial charge on any atom is -0.315 e. The molecule has 8 heteroatoms. The lowest BCUT2D eigenvalue weighted by Crippen LogP contribution is -2.23. The molecule has 164 valence electrons. The van der Waals surface area contributed by atoms with Gasteiger partial charge in [0, 0.05) is 16.8 Å². The number of carbonyl (C=O) groups excluding carboxylic acids is 1. The van der Waals surface area contributed by atoms with E-state index in [2.05, 4.69) is 5.32 Å². The first kappa shape index (κ1) is 22.0. The number of hydrogen-bond acceptors (Lipinski definition) is 4. The van der Waals surface area contributed by atoms with Crippen molar-refractivity contribution < 1.29 is 9.18 Å². The maximum absolute atomic E-state index is 13.2. The molecular formula is C25H19FN4O2S. The van der Waals surface area contributed by atoms with Gasteiger partial charge in [0.05, 0.1) is 11.4 Å². The quantitative estimate of drug-likeness (QED) is 0.341. The summed E-state index contributed by atoms with van der Waals surface area (Å²) in [5.41, 5.74) is 1.66. The van der Waals surface area contributed by atoms with Crippen LogP contribution >= 0.6 is 11.3 Å². The number of amides is 1. The predicted molar refractivity (Wildman–Crippen MR) is 128 cm³/mol. The third-order valence-electron chi connectivity index (χ3n) is 5.20. The van der Waals surface area contributed by atoms with Crippen LogP contribution in [-0.2, 0) is 11.8 Å². The normalized spacial score (nSPS) is 11.3. The lowest BCUT2D eigenvalue weighted by Gasteiger charge is -2.07. The van der Waals surface area contributed by atoms with E-state index in [0.717, 1.165) is 10.4 Å². The first-order valence-corrected chi connectivity index (χ1v) is 10.8. The van der Waals surface area contributed by atoms with Crippen LogP contribution in [-0.4, -0.2) is 15.3 Å². The number of nitrogens with zero attached hydrogens (tertiary/aromatic N) is 3. The monoisotopic (exact) mass is 458 g/mol. The molecule has 0 bridgehead atoms. The standard InChI is InChI=1S/C25H19FN4O2S/c1-16-23(25(32)30(29(16)2)20-6-4-3-5-7-20)28-24(31)18(15-27)14-21-12-13-22(33-21)17-8-10-19(26)11-9-17/h3-14H,1-2H3,(H,28,31). The first-order chi connectivity index (χ1) is 15.9. The molecule has 1 N–H and O–H groups in total. The topological polar surface area (TPSA) is 79.8 Å². The minimum absolute atomic E-state index is 0.116. The molecule has 2 aromatic carbocycles. The van der Waals surface area contributed by atoms with Gasteiger partial charge in [-0.15, -0.1) is 11.3 Å². The average molecular weight is 459 g/mol. The van der Waals surface area contributed by atoms with Crippen LogP contribution in [0.1, 0.15) is 10.6 Å². The van der Waals surface area contributed by atoms with Gasteiger partial charge in [0.2, 0.25) is 0 Å². The number of nitriles is 1. The van der Waals surface area contributed by atoms with Crippen molar-refractivity contribution >= 4 is 29.0 Å². The van der Waals surface area contributed by atoms with Crippen molar-refractivity contribution in [3.63, 3.8) is 0 Å². The Labute approximate surface area is 193 Å². The minimum atomic E-state index is -0.666. The summed E-state index contributed by atoms with van der Waals surface area (Å²) in [6.07, 6.45) is 1.47. The molecule has 0 aliphatic carbocycles. The third-order valence-corrected chi connectivity index (χ3v) is 6.28. The van der Waals surface area contributed by atoms with E-state index in [-0.39, 0.29) is 22.6 Å². The molecule has 0 atom stereocenters. The highest BCUT2D eigenvalue weighted by atomic mass is 32.1. The number of carbonyl (C=O) groups is 1. The Hall–Kier alpha value is -4.22. The van der Waals surface area contributed by atoms with Crippen LogP contribution in [0.4, 0.5) is 10.1 Å². The van der Waals surface area contributed by atoms with Gasteiger partial charge >= 0.3 is 0 Å². The zero-order valence-electron chi connectivity index (χ0n) is 17.9. The zero-order chi connectivity index (χ0) is 23.5. The van der Waals surface area contributed by atoms with Crippen LogP contribution in [0.15, 0.2) is 77.1 Å². The molecule has 4 rings (SSSR count). The maximum atomic E-state index is 13.2. The van der Waals surface area contributed by atoms with Crippen LogP contribution in [0.25, 0.3) is 22.2 Å². The Balaban J connectivity index is 1.61. The van der Waals surface area contributed by atoms with Gasteiger partial charge in [-0.2, -0.15) is 5.26 Å². The maximum Gasteiger partial charge on any atom is 0.295 e. The molecule has 33 heavy (non-hydrogen) atoms. The highest BCUT2D eigenvalue weighted by molar-refractivity contribution is 7.16. The molecule has 0 radical (unpaired) electrons. The molecule has 2 aromatic heterocycles. The Morgan fingerprint density at radius 1 is 1.09 bits per heavy atom. The highest BCUT2D eigenvalue weighted by Crippen LogP contribution is 2.29. The smallest absolute Gasteiger partial charge is 0.295 e. The van der Waals surface area contributed by atoms with E-state index in [1.54, 1.807) is 49.0 Å². The summed E-state index contributed by atoms with van der Waals surface area (Å²) in [6.45, 7) is 1.72. The second kappa shape index (κ2) is 9.10. The molecular weight excluding hydrogens is 439 g/mol. The Morgan fingerprint density at radius 3 is 2.45 bits per heavy atom. The predicted octanol–water partition coefficient (Wildman–Crippen LogP) is 4.90. The van der Waals surface area contributed by atoms with Crippen molar-refractivity contribution in [2.75, 3.05) is 5.32 Å². The Kier molecular flexibility index (Phi) is 6.07. The Bertz CT molecular complexity index is 1460. The molecule has 1 amide bonds. The van der Waals surface area contributed by atoms with E-state index >= 15 is 0 Å². The number of nitrogens with one attached hydrogen (secondary N) is 1. The van der Waals surface area contributed by atoms with Crippen molar-refractivity contribution in [2.24, 2.45) is 7.05 Å². The van der Waals surface area contributed by atoms with Crippen molar-refractivity contribution in [3.8, 4) is 22.2 Å². The molecule has 6 nitrogen and oxygen atoms in total. The van der Waals surface area contributed by atoms with Crippen molar-refractivity contribution in [1.82, 2.24) is 9.36 Å². The average Bonchev–Trinajstić information content (AvgIpc) is 3.37. The number of hydrogen-bond donors (Lipinski definition) is 1. The van der Waals surface area contributed by atoms with Crippen LogP contribution < -0.4 is 10.9 Å². The van der Waals surface area contributed by atoms with E-state index in [9.17, 15) is 19.2 Å². The van der Waals surface area contributed by atoms with E-state index in [4.69, 9.17) is 0 Å². The molecule has 0 fully saturated rings. The van der Waals surface area contributed by atoms with E-state index in [1.165, 1.54) is 34.2 Å². The van der Waals surface area contributed by atoms with Gasteiger partial charge in [0.15, 0.2) is 0 Å². The summed E-state index contributed by atoms with van der Waals surface area (Å²) in [5.74, 6) is -0.985. The molecule has 0 spiro atoms. The van der Waals surface area contributed by atoms with Gasteiger partial charge in [-0.3, -0.25) is 14.3 Å². The van der Waals surface area contributed by atoms with Crippen LogP contribution in [0.5, 0.6) is 0 Å². The number of halogens is 1. The summed E-state index contributed by atoms with van der Waals surface area (Å²) in [5, 5.41) is 12.2. The molecule has 0 saturated carbocycles. The Morgan fingerprint density at radius 2 is 1.79 bits per heavy atom. The summed E-state index contributed by atoms with van der Waals surface area (Å²) >= 11 is 1.37. The van der Waals surface area contributed by atoms with Gasteiger partial charge in [-0.25, -0.2) is 9.07 Å². The second-order valence-corrected chi connectivity index (χ2v) is 8.38. The summed E-state index contributed by atoms with van der Waals surface area (Å²) in [7, 11) is 1.73. The van der Waals surface area contributed by atoms with Crippen molar-refractivity contribution in [2.45, 2.75) is 6.92 Å². The molecule has 4 aromatic rings. The number of para-hydroxylation sites is 1. The first-order valence-electron chi connectivity index (χ1n) is 10.0. The van der Waals surface area contributed by atoms with Gasteiger partial charge in [0.25, 0.3) is 11.5 Å². The molecule has 0 saturated heterocycles. The fraction of sp³-hybridized carbons (Fsp3) is 0.0800. The summed E-state index contributed by atoms with van der Waals surface area (Å²) < 4.78 is 16.3. The second-order valence-electron chi connectivity index (χ2n) is 7.27. The van der Waals surface area contributed by atoms with Crippen molar-refractivity contribution in [1.29, 1.82) is 5.26 Å². The van der Waals surface area contributed by atoms with Gasteiger partial charge in [-0.05, 0) is 55.0 Å². The van der Waals surface area contributed by atoms with Gasteiger partial charge in [-0.1, -0.05) is 30.3 Å². The molecule has 0 unspecified atom stereocenters. The zero-order valence-corrected chi connectivity index (χ0v) is 18.7. The molecule has 2 heterocycles. The number of rotatable bonds is 5. The third kappa shape index (κ3) is 4.40. The molecule has 0 aliphatic heterocycles. The van der Waals surface area contributed by atoms with E-state index < -0.39 is 5.91 Å². The summed E-state index contributed by atoms with van der Waals surface area (Å²) in [6, 6.07) is 20.7.